The molecule has 0 bridgehead atoms. The van der Waals surface area contributed by atoms with Gasteiger partial charge in [0.15, 0.2) is 0 Å². The molecule has 0 radical (unpaired) electrons. The van der Waals surface area contributed by atoms with E-state index in [2.05, 4.69) is 49.4 Å². The summed E-state index contributed by atoms with van der Waals surface area (Å²) in [7, 11) is 0. The van der Waals surface area contributed by atoms with E-state index >= 15 is 0 Å². The Hall–Kier alpha value is -1.79. The molecule has 0 saturated carbocycles. The van der Waals surface area contributed by atoms with Gasteiger partial charge < -0.3 is 4.57 Å². The van der Waals surface area contributed by atoms with Gasteiger partial charge >= 0.3 is 0 Å². The quantitative estimate of drug-likeness (QED) is 0.841. The number of aryl methyl sites for hydroxylation is 2. The lowest BCUT2D eigenvalue weighted by molar-refractivity contribution is 0.0697. The maximum atomic E-state index is 4.50. The first-order chi connectivity index (χ1) is 11.2. The van der Waals surface area contributed by atoms with Crippen molar-refractivity contribution in [3.8, 4) is 0 Å². The summed E-state index contributed by atoms with van der Waals surface area (Å²) in [4.78, 5) is 18.3. The van der Waals surface area contributed by atoms with E-state index < -0.39 is 0 Å². The molecule has 2 aromatic rings. The Morgan fingerprint density at radius 3 is 2.70 bits per heavy atom. The number of aromatic nitrogens is 4. The molecule has 0 aliphatic carbocycles. The van der Waals surface area contributed by atoms with Gasteiger partial charge in [-0.3, -0.25) is 19.8 Å². The Balaban J connectivity index is 1.55. The average Bonchev–Trinajstić information content (AvgIpc) is 2.99. The number of hydrogen-bond acceptors (Lipinski definition) is 5. The van der Waals surface area contributed by atoms with Crippen molar-refractivity contribution in [2.45, 2.75) is 46.4 Å². The summed E-state index contributed by atoms with van der Waals surface area (Å²) >= 11 is 0. The molecule has 1 saturated heterocycles. The molecular weight excluding hydrogens is 288 g/mol. The minimum Gasteiger partial charge on any atom is -0.334 e. The fraction of sp³-hybridized carbons (Fsp3) is 0.588. The first-order valence-electron chi connectivity index (χ1n) is 8.39. The van der Waals surface area contributed by atoms with Crippen LogP contribution in [-0.4, -0.2) is 55.0 Å². The molecule has 23 heavy (non-hydrogen) atoms. The highest BCUT2D eigenvalue weighted by Gasteiger charge is 2.24. The highest BCUT2D eigenvalue weighted by atomic mass is 15.3. The van der Waals surface area contributed by atoms with Crippen LogP contribution < -0.4 is 0 Å². The molecule has 1 fully saturated rings. The second-order valence-corrected chi connectivity index (χ2v) is 6.33. The van der Waals surface area contributed by atoms with Gasteiger partial charge in [-0.2, -0.15) is 0 Å². The predicted octanol–water partition coefficient (Wildman–Crippen LogP) is 1.71. The van der Waals surface area contributed by atoms with Crippen LogP contribution in [0, 0.1) is 6.92 Å². The molecule has 0 N–H and O–H groups in total. The summed E-state index contributed by atoms with van der Waals surface area (Å²) in [6.45, 7) is 12.4. The smallest absolute Gasteiger partial charge is 0.122 e. The minimum absolute atomic E-state index is 0.518. The summed E-state index contributed by atoms with van der Waals surface area (Å²) < 4.78 is 2.22. The van der Waals surface area contributed by atoms with Crippen molar-refractivity contribution in [2.75, 3.05) is 19.6 Å². The van der Waals surface area contributed by atoms with Gasteiger partial charge in [0.25, 0.3) is 0 Å². The van der Waals surface area contributed by atoms with Crippen molar-refractivity contribution in [2.24, 2.45) is 0 Å². The van der Waals surface area contributed by atoms with E-state index in [0.717, 1.165) is 56.5 Å². The molecular formula is C17H26N6. The van der Waals surface area contributed by atoms with Crippen LogP contribution in [0.5, 0.6) is 0 Å². The van der Waals surface area contributed by atoms with E-state index in [9.17, 15) is 0 Å². The topological polar surface area (TPSA) is 50.1 Å². The van der Waals surface area contributed by atoms with E-state index in [1.807, 2.05) is 25.5 Å². The second kappa shape index (κ2) is 7.19. The zero-order valence-corrected chi connectivity index (χ0v) is 14.3. The molecule has 6 heteroatoms. The molecule has 3 heterocycles. The van der Waals surface area contributed by atoms with E-state index in [0.29, 0.717) is 6.04 Å². The molecule has 2 aromatic heterocycles. The normalized spacial score (nSPS) is 20.0. The van der Waals surface area contributed by atoms with E-state index in [1.54, 1.807) is 0 Å². The van der Waals surface area contributed by atoms with Gasteiger partial charge in [-0.25, -0.2) is 4.98 Å². The Bertz CT molecular complexity index is 620. The lowest BCUT2D eigenvalue weighted by atomic mass is 10.2. The molecule has 0 spiro atoms. The van der Waals surface area contributed by atoms with Crippen LogP contribution in [0.25, 0.3) is 0 Å². The third kappa shape index (κ3) is 3.95. The number of rotatable bonds is 5. The average molecular weight is 314 g/mol. The fourth-order valence-corrected chi connectivity index (χ4v) is 3.14. The molecule has 6 nitrogen and oxygen atoms in total. The Morgan fingerprint density at radius 2 is 2.00 bits per heavy atom. The standard InChI is InChI=1S/C17H26N6/c1-4-22-6-5-18-17(22)13-23-8-7-21(11-15(23)3)12-16-10-19-14(2)9-20-16/h5-6,9-10,15H,4,7-8,11-13H2,1-3H3. The third-order valence-corrected chi connectivity index (χ3v) is 4.56. The zero-order chi connectivity index (χ0) is 16.2. The summed E-state index contributed by atoms with van der Waals surface area (Å²) in [5.41, 5.74) is 2.02. The Kier molecular flexibility index (Phi) is 5.03. The monoisotopic (exact) mass is 314 g/mol. The second-order valence-electron chi connectivity index (χ2n) is 6.33. The zero-order valence-electron chi connectivity index (χ0n) is 14.3. The lowest BCUT2D eigenvalue weighted by Gasteiger charge is -2.39. The van der Waals surface area contributed by atoms with Crippen LogP contribution in [0.15, 0.2) is 24.8 Å². The van der Waals surface area contributed by atoms with Gasteiger partial charge in [-0.05, 0) is 20.8 Å². The number of piperazine rings is 1. The van der Waals surface area contributed by atoms with E-state index in [-0.39, 0.29) is 0 Å². The van der Waals surface area contributed by atoms with Gasteiger partial charge in [-0.1, -0.05) is 0 Å². The van der Waals surface area contributed by atoms with Crippen molar-refractivity contribution < 1.29 is 0 Å². The molecule has 1 aliphatic rings. The van der Waals surface area contributed by atoms with Crippen LogP contribution in [0.2, 0.25) is 0 Å². The minimum atomic E-state index is 0.518. The van der Waals surface area contributed by atoms with E-state index in [1.165, 1.54) is 0 Å². The number of nitrogens with zero attached hydrogens (tertiary/aromatic N) is 6. The molecule has 0 amide bonds. The summed E-state index contributed by atoms with van der Waals surface area (Å²) in [5.74, 6) is 1.16. The molecule has 1 atom stereocenters. The van der Waals surface area contributed by atoms with Crippen molar-refractivity contribution in [1.29, 1.82) is 0 Å². The van der Waals surface area contributed by atoms with Crippen LogP contribution in [-0.2, 0) is 19.6 Å². The molecule has 0 aromatic carbocycles. The Labute approximate surface area is 138 Å². The molecule has 124 valence electrons. The van der Waals surface area contributed by atoms with E-state index in [4.69, 9.17) is 0 Å². The summed E-state index contributed by atoms with van der Waals surface area (Å²) in [6, 6.07) is 0.518. The fourth-order valence-electron chi connectivity index (χ4n) is 3.14. The van der Waals surface area contributed by atoms with Gasteiger partial charge in [0.05, 0.1) is 17.9 Å². The maximum Gasteiger partial charge on any atom is 0.122 e. The SMILES string of the molecule is CCn1ccnc1CN1CCN(Cc2cnc(C)cn2)CC1C. The van der Waals surface area contributed by atoms with Crippen LogP contribution in [0.4, 0.5) is 0 Å². The van der Waals surface area contributed by atoms with Gasteiger partial charge in [-0.15, -0.1) is 0 Å². The highest BCUT2D eigenvalue weighted by Crippen LogP contribution is 2.15. The molecule has 1 unspecified atom stereocenters. The highest BCUT2D eigenvalue weighted by molar-refractivity contribution is 5.01. The molecule has 3 rings (SSSR count). The van der Waals surface area contributed by atoms with Gasteiger partial charge in [0.2, 0.25) is 0 Å². The first kappa shape index (κ1) is 16.1. The largest absolute Gasteiger partial charge is 0.334 e. The van der Waals surface area contributed by atoms with Gasteiger partial charge in [0.1, 0.15) is 5.82 Å². The third-order valence-electron chi connectivity index (χ3n) is 4.56. The number of imidazole rings is 1. The van der Waals surface area contributed by atoms with Crippen LogP contribution >= 0.6 is 0 Å². The van der Waals surface area contributed by atoms with Crippen molar-refractivity contribution in [3.63, 3.8) is 0 Å². The lowest BCUT2D eigenvalue weighted by Crippen LogP contribution is -2.51. The first-order valence-corrected chi connectivity index (χ1v) is 8.39. The predicted molar refractivity (Wildman–Crippen MR) is 89.8 cm³/mol. The van der Waals surface area contributed by atoms with Crippen molar-refractivity contribution >= 4 is 0 Å². The maximum absolute atomic E-state index is 4.50. The van der Waals surface area contributed by atoms with Crippen molar-refractivity contribution in [3.05, 3.63) is 42.0 Å². The molecule has 1 aliphatic heterocycles. The Morgan fingerprint density at radius 1 is 1.13 bits per heavy atom. The summed E-state index contributed by atoms with van der Waals surface area (Å²) in [6.07, 6.45) is 7.70. The summed E-state index contributed by atoms with van der Waals surface area (Å²) in [5, 5.41) is 0. The van der Waals surface area contributed by atoms with Crippen molar-refractivity contribution in [1.82, 2.24) is 29.3 Å². The van der Waals surface area contributed by atoms with Crippen LogP contribution in [0.3, 0.4) is 0 Å². The van der Waals surface area contributed by atoms with Crippen LogP contribution in [0.1, 0.15) is 31.1 Å². The van der Waals surface area contributed by atoms with Gasteiger partial charge in [0, 0.05) is 63.6 Å². The number of hydrogen-bond donors (Lipinski definition) is 0.